The third-order valence-electron chi connectivity index (χ3n) is 4.71. The minimum atomic E-state index is -0.0923. The molecule has 0 saturated carbocycles. The number of hydrogen-bond acceptors (Lipinski definition) is 1. The Labute approximate surface area is 123 Å². The number of hydrogen-bond donors (Lipinski definition) is 0. The maximum absolute atomic E-state index is 14.6. The Balaban J connectivity index is 2.06. The van der Waals surface area contributed by atoms with E-state index in [0.717, 1.165) is 23.3 Å². The fourth-order valence-electron chi connectivity index (χ4n) is 3.86. The molecule has 1 saturated heterocycles. The smallest absolute Gasteiger partial charge is 0.127 e. The summed E-state index contributed by atoms with van der Waals surface area (Å²) in [7, 11) is 0. The molecule has 2 aromatic carbocycles. The molecule has 0 nitrogen and oxygen atoms in total. The van der Waals surface area contributed by atoms with Crippen LogP contribution >= 0.6 is 11.8 Å². The molecular formula is C18H17FS. The molecule has 2 heteroatoms. The van der Waals surface area contributed by atoms with Gasteiger partial charge < -0.3 is 0 Å². The summed E-state index contributed by atoms with van der Waals surface area (Å²) in [5.41, 5.74) is 5.84. The summed E-state index contributed by atoms with van der Waals surface area (Å²) in [5.74, 6) is 2.18. The molecule has 1 unspecified atom stereocenters. The van der Waals surface area contributed by atoms with Gasteiger partial charge in [0.25, 0.3) is 0 Å². The minimum absolute atomic E-state index is 0.0288. The Morgan fingerprint density at radius 2 is 2.05 bits per heavy atom. The van der Waals surface area contributed by atoms with E-state index in [0.29, 0.717) is 0 Å². The zero-order valence-electron chi connectivity index (χ0n) is 11.6. The highest BCUT2D eigenvalue weighted by Gasteiger charge is 2.45. The average molecular weight is 284 g/mol. The molecule has 102 valence electrons. The number of thioether (sulfide) groups is 1. The van der Waals surface area contributed by atoms with Crippen molar-refractivity contribution in [2.75, 3.05) is 11.5 Å². The molecular weight excluding hydrogens is 267 g/mol. The van der Waals surface area contributed by atoms with Crippen LogP contribution in [0.25, 0.3) is 11.1 Å². The molecule has 0 aromatic heterocycles. The topological polar surface area (TPSA) is 0 Å². The van der Waals surface area contributed by atoms with Gasteiger partial charge in [0.1, 0.15) is 5.82 Å². The van der Waals surface area contributed by atoms with Gasteiger partial charge in [0, 0.05) is 16.7 Å². The standard InChI is InChI=1S/C18H17FS/c1-12-6-7-13-14-4-2-5-16(19)17(14)18(15(13)10-12)8-3-9-20-11-18/h2,4-7,10H,3,8-9,11H2,1H3. The summed E-state index contributed by atoms with van der Waals surface area (Å²) >= 11 is 1.97. The molecule has 20 heavy (non-hydrogen) atoms. The van der Waals surface area contributed by atoms with Gasteiger partial charge in [0.15, 0.2) is 0 Å². The Morgan fingerprint density at radius 3 is 2.85 bits per heavy atom. The summed E-state index contributed by atoms with van der Waals surface area (Å²) in [6.07, 6.45) is 2.25. The van der Waals surface area contributed by atoms with E-state index in [1.807, 2.05) is 17.8 Å². The molecule has 0 N–H and O–H groups in total. The number of benzene rings is 2. The van der Waals surface area contributed by atoms with Crippen LogP contribution in [0.2, 0.25) is 0 Å². The molecule has 1 spiro atoms. The van der Waals surface area contributed by atoms with Gasteiger partial charge in [-0.3, -0.25) is 0 Å². The van der Waals surface area contributed by atoms with Gasteiger partial charge in [-0.25, -0.2) is 4.39 Å². The SMILES string of the molecule is Cc1ccc2c(c1)C1(CCCSC1)c1c(F)cccc1-2. The van der Waals surface area contributed by atoms with E-state index in [-0.39, 0.29) is 11.2 Å². The molecule has 1 heterocycles. The van der Waals surface area contributed by atoms with Crippen molar-refractivity contribution in [2.45, 2.75) is 25.2 Å². The minimum Gasteiger partial charge on any atom is -0.207 e. The first-order valence-electron chi connectivity index (χ1n) is 7.21. The summed E-state index contributed by atoms with van der Waals surface area (Å²) in [5, 5.41) is 0. The van der Waals surface area contributed by atoms with E-state index in [1.165, 1.54) is 28.9 Å². The normalized spacial score (nSPS) is 23.7. The lowest BCUT2D eigenvalue weighted by Gasteiger charge is -2.35. The van der Waals surface area contributed by atoms with Crippen molar-refractivity contribution in [3.63, 3.8) is 0 Å². The second-order valence-corrected chi connectivity index (χ2v) is 7.05. The van der Waals surface area contributed by atoms with Crippen molar-refractivity contribution in [1.82, 2.24) is 0 Å². The summed E-state index contributed by atoms with van der Waals surface area (Å²) < 4.78 is 14.6. The predicted octanol–water partition coefficient (Wildman–Crippen LogP) is 4.93. The second kappa shape index (κ2) is 4.36. The third-order valence-corrected chi connectivity index (χ3v) is 5.99. The van der Waals surface area contributed by atoms with Gasteiger partial charge >= 0.3 is 0 Å². The van der Waals surface area contributed by atoms with Crippen LogP contribution in [0.15, 0.2) is 36.4 Å². The molecule has 1 fully saturated rings. The van der Waals surface area contributed by atoms with Crippen LogP contribution in [0.5, 0.6) is 0 Å². The van der Waals surface area contributed by atoms with Gasteiger partial charge in [-0.1, -0.05) is 35.9 Å². The largest absolute Gasteiger partial charge is 0.207 e. The van der Waals surface area contributed by atoms with E-state index >= 15 is 0 Å². The number of fused-ring (bicyclic) bond motifs is 5. The van der Waals surface area contributed by atoms with Crippen molar-refractivity contribution in [3.05, 3.63) is 58.9 Å². The van der Waals surface area contributed by atoms with Gasteiger partial charge in [-0.15, -0.1) is 0 Å². The van der Waals surface area contributed by atoms with Crippen LogP contribution in [0.4, 0.5) is 4.39 Å². The van der Waals surface area contributed by atoms with Crippen LogP contribution < -0.4 is 0 Å². The number of aryl methyl sites for hydroxylation is 1. The first-order chi connectivity index (χ1) is 9.72. The number of rotatable bonds is 0. The maximum atomic E-state index is 14.6. The Bertz CT molecular complexity index is 684. The fraction of sp³-hybridized carbons (Fsp3) is 0.333. The highest BCUT2D eigenvalue weighted by molar-refractivity contribution is 7.99. The first kappa shape index (κ1) is 12.5. The Hall–Kier alpha value is -1.28. The highest BCUT2D eigenvalue weighted by Crippen LogP contribution is 2.55. The van der Waals surface area contributed by atoms with E-state index in [9.17, 15) is 4.39 Å². The summed E-state index contributed by atoms with van der Waals surface area (Å²) in [6, 6.07) is 12.1. The summed E-state index contributed by atoms with van der Waals surface area (Å²) in [6.45, 7) is 2.13. The lowest BCUT2D eigenvalue weighted by Crippen LogP contribution is -2.32. The predicted molar refractivity (Wildman–Crippen MR) is 83.9 cm³/mol. The van der Waals surface area contributed by atoms with Crippen molar-refractivity contribution in [3.8, 4) is 11.1 Å². The molecule has 1 aliphatic carbocycles. The first-order valence-corrected chi connectivity index (χ1v) is 8.36. The Morgan fingerprint density at radius 1 is 1.15 bits per heavy atom. The van der Waals surface area contributed by atoms with Gasteiger partial charge in [0.2, 0.25) is 0 Å². The third kappa shape index (κ3) is 1.54. The van der Waals surface area contributed by atoms with Gasteiger partial charge in [0.05, 0.1) is 0 Å². The molecule has 2 aliphatic rings. The van der Waals surface area contributed by atoms with Gasteiger partial charge in [-0.05, 0) is 48.3 Å². The fourth-order valence-corrected chi connectivity index (χ4v) is 5.15. The molecule has 4 rings (SSSR count). The van der Waals surface area contributed by atoms with Crippen molar-refractivity contribution < 1.29 is 4.39 Å². The molecule has 0 radical (unpaired) electrons. The molecule has 0 bridgehead atoms. The average Bonchev–Trinajstić information content (AvgIpc) is 2.72. The van der Waals surface area contributed by atoms with Crippen molar-refractivity contribution in [2.24, 2.45) is 0 Å². The van der Waals surface area contributed by atoms with Crippen LogP contribution in [-0.2, 0) is 5.41 Å². The summed E-state index contributed by atoms with van der Waals surface area (Å²) in [4.78, 5) is 0. The van der Waals surface area contributed by atoms with Crippen LogP contribution in [0, 0.1) is 12.7 Å². The zero-order chi connectivity index (χ0) is 13.7. The van der Waals surface area contributed by atoms with E-state index in [2.05, 4.69) is 31.2 Å². The van der Waals surface area contributed by atoms with E-state index in [4.69, 9.17) is 0 Å². The van der Waals surface area contributed by atoms with E-state index in [1.54, 1.807) is 6.07 Å². The molecule has 0 amide bonds. The van der Waals surface area contributed by atoms with Crippen LogP contribution in [0.3, 0.4) is 0 Å². The zero-order valence-corrected chi connectivity index (χ0v) is 12.4. The molecule has 2 aromatic rings. The highest BCUT2D eigenvalue weighted by atomic mass is 32.2. The van der Waals surface area contributed by atoms with Crippen molar-refractivity contribution in [1.29, 1.82) is 0 Å². The van der Waals surface area contributed by atoms with Crippen LogP contribution in [0.1, 0.15) is 29.5 Å². The van der Waals surface area contributed by atoms with E-state index < -0.39 is 0 Å². The Kier molecular flexibility index (Phi) is 2.71. The maximum Gasteiger partial charge on any atom is 0.127 e. The monoisotopic (exact) mass is 284 g/mol. The lowest BCUT2D eigenvalue weighted by molar-refractivity contribution is 0.487. The quantitative estimate of drug-likeness (QED) is 0.661. The van der Waals surface area contributed by atoms with Crippen molar-refractivity contribution >= 4 is 11.8 Å². The number of halogens is 1. The molecule has 1 aliphatic heterocycles. The second-order valence-electron chi connectivity index (χ2n) is 5.95. The van der Waals surface area contributed by atoms with Gasteiger partial charge in [-0.2, -0.15) is 11.8 Å². The van der Waals surface area contributed by atoms with Crippen LogP contribution in [-0.4, -0.2) is 11.5 Å². The lowest BCUT2D eigenvalue weighted by atomic mass is 9.75. The molecule has 1 atom stereocenters.